The standard InChI is InChI=1S/C11H11FOS/c1-2-7-4-3-5-8-9(6-13)11(12)14-10(7)8/h3-5,13H,2,6H2,1H3. The third-order valence-corrected chi connectivity index (χ3v) is 3.50. The van der Waals surface area contributed by atoms with E-state index in [0.717, 1.165) is 33.4 Å². The predicted octanol–water partition coefficient (Wildman–Crippen LogP) is 3.10. The molecule has 0 aliphatic heterocycles. The van der Waals surface area contributed by atoms with Crippen molar-refractivity contribution >= 4 is 21.4 Å². The molecule has 1 aromatic heterocycles. The second-order valence-corrected chi connectivity index (χ2v) is 4.13. The van der Waals surface area contributed by atoms with E-state index in [4.69, 9.17) is 5.11 Å². The molecule has 0 spiro atoms. The van der Waals surface area contributed by atoms with Crippen molar-refractivity contribution in [1.29, 1.82) is 0 Å². The normalized spacial score (nSPS) is 11.1. The third-order valence-electron chi connectivity index (χ3n) is 2.39. The van der Waals surface area contributed by atoms with Crippen molar-refractivity contribution < 1.29 is 9.50 Å². The highest BCUT2D eigenvalue weighted by atomic mass is 32.1. The summed E-state index contributed by atoms with van der Waals surface area (Å²) < 4.78 is 14.3. The van der Waals surface area contributed by atoms with E-state index in [1.165, 1.54) is 0 Å². The number of aliphatic hydroxyl groups is 1. The van der Waals surface area contributed by atoms with Crippen LogP contribution in [0, 0.1) is 5.13 Å². The van der Waals surface area contributed by atoms with Crippen molar-refractivity contribution in [1.82, 2.24) is 0 Å². The molecule has 1 aromatic carbocycles. The summed E-state index contributed by atoms with van der Waals surface area (Å²) in [7, 11) is 0. The molecule has 2 aromatic rings. The number of aryl methyl sites for hydroxylation is 1. The van der Waals surface area contributed by atoms with E-state index in [1.54, 1.807) is 0 Å². The van der Waals surface area contributed by atoms with E-state index >= 15 is 0 Å². The minimum Gasteiger partial charge on any atom is -0.392 e. The smallest absolute Gasteiger partial charge is 0.183 e. The Hall–Kier alpha value is -0.930. The summed E-state index contributed by atoms with van der Waals surface area (Å²) in [4.78, 5) is 0. The van der Waals surface area contributed by atoms with Gasteiger partial charge in [0.25, 0.3) is 0 Å². The van der Waals surface area contributed by atoms with Gasteiger partial charge in [-0.25, -0.2) is 0 Å². The van der Waals surface area contributed by atoms with E-state index in [1.807, 2.05) is 25.1 Å². The molecule has 0 unspecified atom stereocenters. The first-order valence-electron chi connectivity index (χ1n) is 4.57. The number of hydrogen-bond acceptors (Lipinski definition) is 2. The molecule has 0 atom stereocenters. The average Bonchev–Trinajstić information content (AvgIpc) is 2.52. The zero-order valence-electron chi connectivity index (χ0n) is 7.88. The van der Waals surface area contributed by atoms with Gasteiger partial charge in [0.1, 0.15) is 0 Å². The average molecular weight is 210 g/mol. The van der Waals surface area contributed by atoms with Crippen LogP contribution in [0.3, 0.4) is 0 Å². The van der Waals surface area contributed by atoms with Crippen LogP contribution in [-0.4, -0.2) is 5.11 Å². The first kappa shape index (κ1) is 9.62. The van der Waals surface area contributed by atoms with Gasteiger partial charge in [-0.3, -0.25) is 0 Å². The van der Waals surface area contributed by atoms with Crippen LogP contribution in [0.4, 0.5) is 4.39 Å². The zero-order valence-corrected chi connectivity index (χ0v) is 8.70. The van der Waals surface area contributed by atoms with Gasteiger partial charge in [-0.15, -0.1) is 11.3 Å². The van der Waals surface area contributed by atoms with Crippen LogP contribution in [0.5, 0.6) is 0 Å². The highest BCUT2D eigenvalue weighted by Gasteiger charge is 2.12. The second kappa shape index (κ2) is 3.67. The summed E-state index contributed by atoms with van der Waals surface area (Å²) in [6, 6.07) is 5.77. The van der Waals surface area contributed by atoms with E-state index in [2.05, 4.69) is 0 Å². The Morgan fingerprint density at radius 1 is 1.43 bits per heavy atom. The van der Waals surface area contributed by atoms with Gasteiger partial charge in [-0.1, -0.05) is 25.1 Å². The van der Waals surface area contributed by atoms with Crippen molar-refractivity contribution in [3.8, 4) is 0 Å². The minimum atomic E-state index is -0.261. The first-order chi connectivity index (χ1) is 6.77. The summed E-state index contributed by atoms with van der Waals surface area (Å²) in [6.07, 6.45) is 0.891. The second-order valence-electron chi connectivity index (χ2n) is 3.16. The number of thiophene rings is 1. The van der Waals surface area contributed by atoms with E-state index in [9.17, 15) is 4.39 Å². The van der Waals surface area contributed by atoms with Crippen LogP contribution < -0.4 is 0 Å². The van der Waals surface area contributed by atoms with Crippen molar-refractivity contribution in [3.05, 3.63) is 34.5 Å². The largest absolute Gasteiger partial charge is 0.392 e. The number of halogens is 1. The van der Waals surface area contributed by atoms with Crippen LogP contribution in [-0.2, 0) is 13.0 Å². The summed E-state index contributed by atoms with van der Waals surface area (Å²) >= 11 is 1.13. The molecule has 0 amide bonds. The Labute approximate surface area is 85.8 Å². The maximum atomic E-state index is 13.4. The highest BCUT2D eigenvalue weighted by molar-refractivity contribution is 7.17. The molecule has 0 radical (unpaired) electrons. The van der Waals surface area contributed by atoms with Gasteiger partial charge >= 0.3 is 0 Å². The van der Waals surface area contributed by atoms with E-state index in [0.29, 0.717) is 5.56 Å². The fourth-order valence-electron chi connectivity index (χ4n) is 1.63. The Morgan fingerprint density at radius 3 is 2.86 bits per heavy atom. The molecule has 3 heteroatoms. The van der Waals surface area contributed by atoms with E-state index in [-0.39, 0.29) is 11.7 Å². The van der Waals surface area contributed by atoms with Gasteiger partial charge in [-0.2, -0.15) is 4.39 Å². The molecule has 0 bridgehead atoms. The molecule has 0 aliphatic rings. The van der Waals surface area contributed by atoms with E-state index < -0.39 is 0 Å². The topological polar surface area (TPSA) is 20.2 Å². The van der Waals surface area contributed by atoms with Gasteiger partial charge in [0.2, 0.25) is 0 Å². The lowest BCUT2D eigenvalue weighted by atomic mass is 10.1. The Kier molecular flexibility index (Phi) is 2.52. The number of benzene rings is 1. The molecule has 1 heterocycles. The minimum absolute atomic E-state index is 0.223. The van der Waals surface area contributed by atoms with Crippen LogP contribution in [0.15, 0.2) is 18.2 Å². The molecule has 1 nitrogen and oxygen atoms in total. The van der Waals surface area contributed by atoms with Crippen molar-refractivity contribution in [2.24, 2.45) is 0 Å². The number of fused-ring (bicyclic) bond motifs is 1. The van der Waals surface area contributed by atoms with Gasteiger partial charge in [0.15, 0.2) is 5.13 Å². The number of rotatable bonds is 2. The molecule has 0 fully saturated rings. The third kappa shape index (κ3) is 1.33. The molecule has 0 saturated heterocycles. The lowest BCUT2D eigenvalue weighted by Gasteiger charge is -1.98. The molecule has 0 aliphatic carbocycles. The SMILES string of the molecule is CCc1cccc2c(CO)c(F)sc12. The molecule has 14 heavy (non-hydrogen) atoms. The molecular weight excluding hydrogens is 199 g/mol. The Morgan fingerprint density at radius 2 is 2.21 bits per heavy atom. The van der Waals surface area contributed by atoms with Crippen LogP contribution in [0.1, 0.15) is 18.1 Å². The van der Waals surface area contributed by atoms with Gasteiger partial charge < -0.3 is 5.11 Å². The fraction of sp³-hybridized carbons (Fsp3) is 0.273. The molecule has 1 N–H and O–H groups in total. The maximum Gasteiger partial charge on any atom is 0.183 e. The summed E-state index contributed by atoms with van der Waals surface area (Å²) in [5.41, 5.74) is 1.58. The highest BCUT2D eigenvalue weighted by Crippen LogP contribution is 2.32. The van der Waals surface area contributed by atoms with Crippen LogP contribution in [0.25, 0.3) is 10.1 Å². The Balaban J connectivity index is 2.79. The quantitative estimate of drug-likeness (QED) is 0.807. The zero-order chi connectivity index (χ0) is 10.1. The van der Waals surface area contributed by atoms with Crippen molar-refractivity contribution in [2.75, 3.05) is 0 Å². The predicted molar refractivity (Wildman–Crippen MR) is 57.1 cm³/mol. The van der Waals surface area contributed by atoms with Crippen LogP contribution in [0.2, 0.25) is 0 Å². The van der Waals surface area contributed by atoms with Gasteiger partial charge in [0, 0.05) is 15.6 Å². The summed E-state index contributed by atoms with van der Waals surface area (Å²) in [5, 5.41) is 9.63. The van der Waals surface area contributed by atoms with Crippen molar-refractivity contribution in [2.45, 2.75) is 20.0 Å². The number of hydrogen-bond donors (Lipinski definition) is 1. The lowest BCUT2D eigenvalue weighted by Crippen LogP contribution is -1.84. The molecular formula is C11H11FOS. The van der Waals surface area contributed by atoms with Gasteiger partial charge in [0.05, 0.1) is 6.61 Å². The lowest BCUT2D eigenvalue weighted by molar-refractivity contribution is 0.279. The summed E-state index contributed by atoms with van der Waals surface area (Å²) in [5.74, 6) is 0. The summed E-state index contributed by atoms with van der Waals surface area (Å²) in [6.45, 7) is 1.82. The van der Waals surface area contributed by atoms with Gasteiger partial charge in [-0.05, 0) is 12.0 Å². The first-order valence-corrected chi connectivity index (χ1v) is 5.39. The molecule has 2 rings (SSSR count). The molecule has 0 saturated carbocycles. The van der Waals surface area contributed by atoms with Crippen LogP contribution >= 0.6 is 11.3 Å². The fourth-order valence-corrected chi connectivity index (χ4v) is 2.75. The Bertz CT molecular complexity index is 462. The number of aliphatic hydroxyl groups excluding tert-OH is 1. The van der Waals surface area contributed by atoms with Crippen molar-refractivity contribution in [3.63, 3.8) is 0 Å². The maximum absolute atomic E-state index is 13.4. The monoisotopic (exact) mass is 210 g/mol. The molecule has 74 valence electrons.